The van der Waals surface area contributed by atoms with E-state index in [9.17, 15) is 0 Å². The summed E-state index contributed by atoms with van der Waals surface area (Å²) < 4.78 is 0. The van der Waals surface area contributed by atoms with Gasteiger partial charge in [-0.15, -0.1) is 0 Å². The maximum Gasteiger partial charge on any atom is 0.0447 e. The molecular formula is C18H30N2. The summed E-state index contributed by atoms with van der Waals surface area (Å²) in [6, 6.07) is 7.34. The van der Waals surface area contributed by atoms with Gasteiger partial charge in [-0.25, -0.2) is 0 Å². The van der Waals surface area contributed by atoms with Crippen molar-refractivity contribution in [3.8, 4) is 0 Å². The van der Waals surface area contributed by atoms with Crippen molar-refractivity contribution in [2.45, 2.75) is 40.2 Å². The normalized spacial score (nSPS) is 25.6. The zero-order chi connectivity index (χ0) is 14.7. The largest absolute Gasteiger partial charge is 0.312 e. The quantitative estimate of drug-likeness (QED) is 0.903. The molecule has 0 aliphatic carbocycles. The van der Waals surface area contributed by atoms with E-state index in [1.807, 2.05) is 0 Å². The van der Waals surface area contributed by atoms with E-state index in [0.717, 1.165) is 18.4 Å². The molecule has 0 spiro atoms. The number of benzene rings is 1. The molecule has 2 rings (SSSR count). The van der Waals surface area contributed by atoms with Crippen LogP contribution in [0.1, 0.15) is 43.0 Å². The Morgan fingerprint density at radius 3 is 2.15 bits per heavy atom. The highest BCUT2D eigenvalue weighted by Crippen LogP contribution is 2.24. The van der Waals surface area contributed by atoms with Gasteiger partial charge in [0.1, 0.15) is 0 Å². The topological polar surface area (TPSA) is 15.3 Å². The van der Waals surface area contributed by atoms with Crippen LogP contribution in [0, 0.1) is 25.7 Å². The van der Waals surface area contributed by atoms with Crippen molar-refractivity contribution in [3.05, 3.63) is 34.9 Å². The van der Waals surface area contributed by atoms with Crippen molar-refractivity contribution in [1.82, 2.24) is 10.2 Å². The molecule has 1 aliphatic heterocycles. The molecule has 20 heavy (non-hydrogen) atoms. The summed E-state index contributed by atoms with van der Waals surface area (Å²) in [5.41, 5.74) is 4.15. The van der Waals surface area contributed by atoms with Crippen molar-refractivity contribution >= 4 is 0 Å². The van der Waals surface area contributed by atoms with Gasteiger partial charge >= 0.3 is 0 Å². The number of hydrogen-bond acceptors (Lipinski definition) is 2. The number of aryl methyl sites for hydroxylation is 2. The molecule has 1 aromatic carbocycles. The number of piperidine rings is 1. The predicted octanol–water partition coefficient (Wildman–Crippen LogP) is 3.54. The van der Waals surface area contributed by atoms with E-state index in [1.54, 1.807) is 0 Å². The molecule has 1 heterocycles. The first-order valence-corrected chi connectivity index (χ1v) is 7.95. The smallest absolute Gasteiger partial charge is 0.0447 e. The Bertz CT molecular complexity index is 411. The molecule has 0 saturated carbocycles. The molecule has 3 atom stereocenters. The van der Waals surface area contributed by atoms with Gasteiger partial charge in [0, 0.05) is 25.7 Å². The van der Waals surface area contributed by atoms with Crippen LogP contribution in [0.25, 0.3) is 0 Å². The molecular weight excluding hydrogens is 244 g/mol. The third-order valence-corrected chi connectivity index (χ3v) is 4.38. The third-order valence-electron chi connectivity index (χ3n) is 4.38. The lowest BCUT2D eigenvalue weighted by Crippen LogP contribution is -2.42. The first kappa shape index (κ1) is 15.5. The van der Waals surface area contributed by atoms with Gasteiger partial charge in [-0.1, -0.05) is 43.2 Å². The maximum absolute atomic E-state index is 3.51. The fourth-order valence-electron chi connectivity index (χ4n) is 3.77. The average Bonchev–Trinajstić information content (AvgIpc) is 2.33. The van der Waals surface area contributed by atoms with Gasteiger partial charge in [0.2, 0.25) is 0 Å². The summed E-state index contributed by atoms with van der Waals surface area (Å²) >= 11 is 0. The number of nitrogens with one attached hydrogen (secondary N) is 1. The highest BCUT2D eigenvalue weighted by Gasteiger charge is 2.24. The second-order valence-electron chi connectivity index (χ2n) is 6.93. The zero-order valence-corrected chi connectivity index (χ0v) is 13.7. The van der Waals surface area contributed by atoms with E-state index in [1.165, 1.54) is 36.2 Å². The first-order chi connectivity index (χ1) is 9.47. The van der Waals surface area contributed by atoms with Gasteiger partial charge < -0.3 is 10.2 Å². The Balaban J connectivity index is 2.08. The first-order valence-electron chi connectivity index (χ1n) is 7.95. The second kappa shape index (κ2) is 6.73. The molecule has 112 valence electrons. The number of likely N-dealkylation sites (tertiary alicyclic amines) is 1. The summed E-state index contributed by atoms with van der Waals surface area (Å²) in [5, 5.41) is 3.51. The lowest BCUT2D eigenvalue weighted by molar-refractivity contribution is 0.129. The fraction of sp³-hybridized carbons (Fsp3) is 0.667. The number of hydrogen-bond donors (Lipinski definition) is 1. The highest BCUT2D eigenvalue weighted by molar-refractivity contribution is 5.30. The monoisotopic (exact) mass is 274 g/mol. The number of nitrogens with zero attached hydrogens (tertiary/aromatic N) is 1. The predicted molar refractivity (Wildman–Crippen MR) is 87.1 cm³/mol. The van der Waals surface area contributed by atoms with Crippen molar-refractivity contribution in [1.29, 1.82) is 0 Å². The van der Waals surface area contributed by atoms with Crippen LogP contribution in [0.3, 0.4) is 0 Å². The van der Waals surface area contributed by atoms with E-state index in [2.05, 4.69) is 63.2 Å². The van der Waals surface area contributed by atoms with Crippen LogP contribution in [0.4, 0.5) is 0 Å². The van der Waals surface area contributed by atoms with Gasteiger partial charge in [0.05, 0.1) is 0 Å². The van der Waals surface area contributed by atoms with Gasteiger partial charge in [-0.2, -0.15) is 0 Å². The van der Waals surface area contributed by atoms with E-state index in [4.69, 9.17) is 0 Å². The fourth-order valence-corrected chi connectivity index (χ4v) is 3.77. The Labute approximate surface area is 124 Å². The molecule has 2 heteroatoms. The molecule has 1 saturated heterocycles. The Morgan fingerprint density at radius 1 is 1.10 bits per heavy atom. The minimum absolute atomic E-state index is 0.436. The van der Waals surface area contributed by atoms with E-state index >= 15 is 0 Å². The molecule has 0 aromatic heterocycles. The van der Waals surface area contributed by atoms with Gasteiger partial charge in [-0.05, 0) is 44.7 Å². The summed E-state index contributed by atoms with van der Waals surface area (Å²) in [6.07, 6.45) is 1.38. The standard InChI is InChI=1S/C18H30N2/c1-13-6-14(2)9-17(8-13)18(19-5)12-20-10-15(3)7-16(4)11-20/h6,8-9,15-16,18-19H,7,10-12H2,1-5H3. The Morgan fingerprint density at radius 2 is 1.65 bits per heavy atom. The second-order valence-corrected chi connectivity index (χ2v) is 6.93. The van der Waals surface area contributed by atoms with Crippen LogP contribution in [0.2, 0.25) is 0 Å². The minimum atomic E-state index is 0.436. The van der Waals surface area contributed by atoms with Gasteiger partial charge in [0.25, 0.3) is 0 Å². The summed E-state index contributed by atoms with van der Waals surface area (Å²) in [6.45, 7) is 12.7. The molecule has 1 aliphatic rings. The molecule has 1 fully saturated rings. The third kappa shape index (κ3) is 4.07. The van der Waals surface area contributed by atoms with Crippen LogP contribution >= 0.6 is 0 Å². The Kier molecular flexibility index (Phi) is 5.22. The molecule has 2 nitrogen and oxygen atoms in total. The van der Waals surface area contributed by atoms with Crippen molar-refractivity contribution in [3.63, 3.8) is 0 Å². The van der Waals surface area contributed by atoms with Gasteiger partial charge in [-0.3, -0.25) is 0 Å². The van der Waals surface area contributed by atoms with E-state index in [0.29, 0.717) is 6.04 Å². The molecule has 3 unspecified atom stereocenters. The molecule has 0 radical (unpaired) electrons. The van der Waals surface area contributed by atoms with E-state index < -0.39 is 0 Å². The van der Waals surface area contributed by atoms with Crippen molar-refractivity contribution in [2.24, 2.45) is 11.8 Å². The van der Waals surface area contributed by atoms with Crippen LogP contribution in [-0.4, -0.2) is 31.6 Å². The molecule has 1 N–H and O–H groups in total. The van der Waals surface area contributed by atoms with Crippen LogP contribution in [0.15, 0.2) is 18.2 Å². The van der Waals surface area contributed by atoms with Gasteiger partial charge in [0.15, 0.2) is 0 Å². The van der Waals surface area contributed by atoms with Crippen LogP contribution in [0.5, 0.6) is 0 Å². The van der Waals surface area contributed by atoms with E-state index in [-0.39, 0.29) is 0 Å². The SMILES string of the molecule is CNC(CN1CC(C)CC(C)C1)c1cc(C)cc(C)c1. The zero-order valence-electron chi connectivity index (χ0n) is 13.7. The number of likely N-dealkylation sites (N-methyl/N-ethyl adjacent to an activating group) is 1. The van der Waals surface area contributed by atoms with Crippen LogP contribution in [-0.2, 0) is 0 Å². The Hall–Kier alpha value is -0.860. The van der Waals surface area contributed by atoms with Crippen molar-refractivity contribution < 1.29 is 0 Å². The molecule has 0 bridgehead atoms. The molecule has 0 amide bonds. The minimum Gasteiger partial charge on any atom is -0.312 e. The lowest BCUT2D eigenvalue weighted by Gasteiger charge is -2.37. The van der Waals surface area contributed by atoms with Crippen molar-refractivity contribution in [2.75, 3.05) is 26.7 Å². The maximum atomic E-state index is 3.51. The molecule has 1 aromatic rings. The highest BCUT2D eigenvalue weighted by atomic mass is 15.2. The summed E-state index contributed by atoms with van der Waals surface area (Å²) in [4.78, 5) is 2.64. The lowest BCUT2D eigenvalue weighted by atomic mass is 9.91. The number of rotatable bonds is 4. The summed E-state index contributed by atoms with van der Waals surface area (Å²) in [7, 11) is 2.08. The van der Waals surface area contributed by atoms with Crippen LogP contribution < -0.4 is 5.32 Å². The summed E-state index contributed by atoms with van der Waals surface area (Å²) in [5.74, 6) is 1.66. The average molecular weight is 274 g/mol.